The molecule has 1 aromatic carbocycles. The van der Waals surface area contributed by atoms with Gasteiger partial charge < -0.3 is 19.7 Å². The van der Waals surface area contributed by atoms with Crippen LogP contribution in [0.15, 0.2) is 35.1 Å². The predicted octanol–water partition coefficient (Wildman–Crippen LogP) is 2.36. The second-order valence-electron chi connectivity index (χ2n) is 5.72. The van der Waals surface area contributed by atoms with Crippen LogP contribution < -0.4 is 5.32 Å². The van der Waals surface area contributed by atoms with Gasteiger partial charge in [0.2, 0.25) is 12.3 Å². The van der Waals surface area contributed by atoms with E-state index >= 15 is 0 Å². The number of hydrogen-bond acceptors (Lipinski definition) is 5. The van der Waals surface area contributed by atoms with Crippen molar-refractivity contribution in [2.75, 3.05) is 25.0 Å². The molecule has 2 heterocycles. The van der Waals surface area contributed by atoms with Gasteiger partial charge in [-0.1, -0.05) is 6.07 Å². The largest absolute Gasteiger partial charge is 0.423 e. The second-order valence-corrected chi connectivity index (χ2v) is 5.72. The summed E-state index contributed by atoms with van der Waals surface area (Å²) in [5.41, 5.74) is 1.45. The van der Waals surface area contributed by atoms with Crippen molar-refractivity contribution in [3.05, 3.63) is 30.7 Å². The number of aliphatic hydroxyl groups excluding tert-OH is 1. The zero-order chi connectivity index (χ0) is 16.1. The smallest absolute Gasteiger partial charge is 0.321 e. The minimum Gasteiger partial charge on any atom is -0.423 e. The third-order valence-corrected chi connectivity index (χ3v) is 4.06. The molecule has 7 heteroatoms. The van der Waals surface area contributed by atoms with Crippen LogP contribution in [-0.4, -0.2) is 45.9 Å². The van der Waals surface area contributed by atoms with E-state index in [1.165, 1.54) is 6.39 Å². The first-order valence-corrected chi connectivity index (χ1v) is 7.79. The number of rotatable bonds is 4. The van der Waals surface area contributed by atoms with Crippen LogP contribution in [0.1, 0.15) is 19.3 Å². The number of likely N-dealkylation sites (tertiary alicyclic amines) is 1. The molecule has 2 amide bonds. The monoisotopic (exact) mass is 316 g/mol. The molecule has 7 nitrogen and oxygen atoms in total. The van der Waals surface area contributed by atoms with E-state index in [-0.39, 0.29) is 12.6 Å². The number of carbonyl (C=O) groups excluding carboxylic acids is 1. The Morgan fingerprint density at radius 2 is 2.39 bits per heavy atom. The number of urea groups is 1. The van der Waals surface area contributed by atoms with E-state index in [0.29, 0.717) is 24.0 Å². The Bertz CT molecular complexity index is 643. The van der Waals surface area contributed by atoms with E-state index < -0.39 is 0 Å². The molecule has 1 aliphatic rings. The van der Waals surface area contributed by atoms with Crippen LogP contribution >= 0.6 is 0 Å². The lowest BCUT2D eigenvalue weighted by Gasteiger charge is -2.32. The van der Waals surface area contributed by atoms with Crippen molar-refractivity contribution in [1.82, 2.24) is 15.1 Å². The van der Waals surface area contributed by atoms with Gasteiger partial charge in [0.25, 0.3) is 0 Å². The van der Waals surface area contributed by atoms with Crippen LogP contribution in [0.4, 0.5) is 10.5 Å². The third kappa shape index (κ3) is 3.87. The van der Waals surface area contributed by atoms with Gasteiger partial charge in [0.1, 0.15) is 0 Å². The molecule has 0 unspecified atom stereocenters. The molecule has 3 rings (SSSR count). The van der Waals surface area contributed by atoms with Crippen molar-refractivity contribution in [2.24, 2.45) is 5.92 Å². The van der Waals surface area contributed by atoms with Gasteiger partial charge in [0, 0.05) is 30.9 Å². The summed E-state index contributed by atoms with van der Waals surface area (Å²) in [5.74, 6) is 0.798. The predicted molar refractivity (Wildman–Crippen MR) is 84.8 cm³/mol. The molecule has 1 saturated heterocycles. The van der Waals surface area contributed by atoms with Gasteiger partial charge in [-0.05, 0) is 43.4 Å². The number of carbonyl (C=O) groups is 1. The molecule has 0 radical (unpaired) electrons. The van der Waals surface area contributed by atoms with Crippen molar-refractivity contribution < 1.29 is 14.3 Å². The molecule has 0 bridgehead atoms. The van der Waals surface area contributed by atoms with E-state index in [9.17, 15) is 4.79 Å². The highest BCUT2D eigenvalue weighted by Gasteiger charge is 2.23. The average Bonchev–Trinajstić information content (AvgIpc) is 3.10. The molecule has 0 aliphatic carbocycles. The molecule has 1 aromatic heterocycles. The molecule has 2 N–H and O–H groups in total. The Labute approximate surface area is 134 Å². The molecule has 122 valence electrons. The van der Waals surface area contributed by atoms with Crippen molar-refractivity contribution in [2.45, 2.75) is 19.3 Å². The van der Waals surface area contributed by atoms with Crippen LogP contribution in [0, 0.1) is 5.92 Å². The summed E-state index contributed by atoms with van der Waals surface area (Å²) in [6.07, 6.45) is 4.06. The van der Waals surface area contributed by atoms with Gasteiger partial charge in [0.05, 0.1) is 0 Å². The van der Waals surface area contributed by atoms with Gasteiger partial charge in [-0.15, -0.1) is 10.2 Å². The second kappa shape index (κ2) is 7.23. The summed E-state index contributed by atoms with van der Waals surface area (Å²) in [5, 5.41) is 19.5. The lowest BCUT2D eigenvalue weighted by Crippen LogP contribution is -2.42. The topological polar surface area (TPSA) is 91.5 Å². The molecule has 23 heavy (non-hydrogen) atoms. The van der Waals surface area contributed by atoms with Gasteiger partial charge in [0.15, 0.2) is 0 Å². The number of amides is 2. The fourth-order valence-electron chi connectivity index (χ4n) is 2.90. The van der Waals surface area contributed by atoms with E-state index in [0.717, 1.165) is 31.4 Å². The summed E-state index contributed by atoms with van der Waals surface area (Å²) in [6, 6.07) is 7.20. The van der Waals surface area contributed by atoms with Crippen molar-refractivity contribution in [1.29, 1.82) is 0 Å². The van der Waals surface area contributed by atoms with Gasteiger partial charge in [-0.25, -0.2) is 4.79 Å². The highest BCUT2D eigenvalue weighted by molar-refractivity contribution is 5.90. The van der Waals surface area contributed by atoms with Crippen LogP contribution in [0.25, 0.3) is 11.5 Å². The standard InChI is InChI=1S/C16H20N4O3/c21-8-6-12-3-2-7-20(10-12)16(22)18-14-5-1-4-13(9-14)15-19-17-11-23-15/h1,4-5,9,11-12,21H,2-3,6-8,10H2,(H,18,22)/t12-/m1/s1. The lowest BCUT2D eigenvalue weighted by atomic mass is 9.95. The average molecular weight is 316 g/mol. The molecule has 1 fully saturated rings. The molecular formula is C16H20N4O3. The SMILES string of the molecule is O=C(Nc1cccc(-c2nnco2)c1)N1CCC[C@H](CCO)C1. The number of anilines is 1. The van der Waals surface area contributed by atoms with Crippen molar-refractivity contribution in [3.63, 3.8) is 0 Å². The molecule has 0 saturated carbocycles. The number of aliphatic hydroxyl groups is 1. The number of benzene rings is 1. The first kappa shape index (κ1) is 15.5. The molecule has 0 spiro atoms. The highest BCUT2D eigenvalue weighted by Crippen LogP contribution is 2.22. The summed E-state index contributed by atoms with van der Waals surface area (Å²) in [7, 11) is 0. The van der Waals surface area contributed by atoms with Crippen LogP contribution in [0.2, 0.25) is 0 Å². The maximum Gasteiger partial charge on any atom is 0.321 e. The summed E-state index contributed by atoms with van der Waals surface area (Å²) in [4.78, 5) is 14.2. The highest BCUT2D eigenvalue weighted by atomic mass is 16.4. The number of piperidine rings is 1. The Morgan fingerprint density at radius 1 is 1.48 bits per heavy atom. The molecular weight excluding hydrogens is 296 g/mol. The first-order chi connectivity index (χ1) is 11.3. The number of nitrogens with one attached hydrogen (secondary N) is 1. The van der Waals surface area contributed by atoms with Crippen LogP contribution in [0.5, 0.6) is 0 Å². The lowest BCUT2D eigenvalue weighted by molar-refractivity contribution is 0.159. The summed E-state index contributed by atoms with van der Waals surface area (Å²) < 4.78 is 5.17. The van der Waals surface area contributed by atoms with E-state index in [2.05, 4.69) is 15.5 Å². The minimum atomic E-state index is -0.115. The quantitative estimate of drug-likeness (QED) is 0.903. The van der Waals surface area contributed by atoms with Crippen molar-refractivity contribution in [3.8, 4) is 11.5 Å². The van der Waals surface area contributed by atoms with E-state index in [1.54, 1.807) is 6.07 Å². The summed E-state index contributed by atoms with van der Waals surface area (Å²) in [6.45, 7) is 1.61. The fraction of sp³-hybridized carbons (Fsp3) is 0.438. The molecule has 1 atom stereocenters. The maximum absolute atomic E-state index is 12.4. The Kier molecular flexibility index (Phi) is 4.87. The number of nitrogens with zero attached hydrogens (tertiary/aromatic N) is 3. The van der Waals surface area contributed by atoms with E-state index in [4.69, 9.17) is 9.52 Å². The van der Waals surface area contributed by atoms with E-state index in [1.807, 2.05) is 23.1 Å². The Morgan fingerprint density at radius 3 is 3.17 bits per heavy atom. The first-order valence-electron chi connectivity index (χ1n) is 7.79. The number of hydrogen-bond donors (Lipinski definition) is 2. The molecule has 2 aromatic rings. The zero-order valence-corrected chi connectivity index (χ0v) is 12.8. The number of aromatic nitrogens is 2. The third-order valence-electron chi connectivity index (χ3n) is 4.06. The summed E-state index contributed by atoms with van der Waals surface area (Å²) >= 11 is 0. The van der Waals surface area contributed by atoms with Crippen LogP contribution in [-0.2, 0) is 0 Å². The Hall–Kier alpha value is -2.41. The van der Waals surface area contributed by atoms with Crippen molar-refractivity contribution >= 4 is 11.7 Å². The molecule has 1 aliphatic heterocycles. The van der Waals surface area contributed by atoms with Gasteiger partial charge >= 0.3 is 6.03 Å². The van der Waals surface area contributed by atoms with Gasteiger partial charge in [-0.2, -0.15) is 0 Å². The Balaban J connectivity index is 1.65. The zero-order valence-electron chi connectivity index (χ0n) is 12.8. The minimum absolute atomic E-state index is 0.115. The fourth-order valence-corrected chi connectivity index (χ4v) is 2.90. The van der Waals surface area contributed by atoms with Gasteiger partial charge in [-0.3, -0.25) is 0 Å². The maximum atomic E-state index is 12.4. The van der Waals surface area contributed by atoms with Crippen LogP contribution in [0.3, 0.4) is 0 Å². The normalized spacial score (nSPS) is 18.0.